The zero-order valence-corrected chi connectivity index (χ0v) is 11.5. The van der Waals surface area contributed by atoms with Crippen LogP contribution in [0.1, 0.15) is 18.6 Å². The Morgan fingerprint density at radius 2 is 2.21 bits per heavy atom. The number of aliphatic carboxylic acids is 1. The summed E-state index contributed by atoms with van der Waals surface area (Å²) in [5, 5.41) is 25.1. The van der Waals surface area contributed by atoms with Gasteiger partial charge in [0.25, 0.3) is 0 Å². The lowest BCUT2D eigenvalue weighted by Gasteiger charge is -2.08. The van der Waals surface area contributed by atoms with Crippen LogP contribution in [0.15, 0.2) is 11.5 Å². The lowest BCUT2D eigenvalue weighted by molar-refractivity contribution is -0.133. The normalized spacial score (nSPS) is 10.8. The van der Waals surface area contributed by atoms with Gasteiger partial charge in [-0.15, -0.1) is 20.4 Å². The molecule has 0 saturated heterocycles. The van der Waals surface area contributed by atoms with Crippen molar-refractivity contribution in [1.82, 2.24) is 29.5 Å². The molecule has 8 nitrogen and oxygen atoms in total. The summed E-state index contributed by atoms with van der Waals surface area (Å²) >= 11 is 1.14. The molecule has 9 heteroatoms. The number of aromatic nitrogens is 6. The van der Waals surface area contributed by atoms with E-state index in [2.05, 4.69) is 20.4 Å². The van der Waals surface area contributed by atoms with Crippen molar-refractivity contribution in [1.29, 1.82) is 0 Å². The Morgan fingerprint density at radius 3 is 2.89 bits per heavy atom. The molecular weight excluding hydrogens is 268 g/mol. The molecule has 0 bridgehead atoms. The third-order valence-corrected chi connectivity index (χ3v) is 3.51. The minimum Gasteiger partial charge on any atom is -0.481 e. The maximum Gasteiger partial charge on any atom is 0.313 e. The third kappa shape index (κ3) is 3.11. The van der Waals surface area contributed by atoms with E-state index in [9.17, 15) is 4.79 Å². The summed E-state index contributed by atoms with van der Waals surface area (Å²) in [6.45, 7) is 5.09. The standard InChI is InChI=1S/C10H14N6O2S/c1-3-15-6-11-13-8(15)4-16-7(2)12-14-10(16)19-5-9(17)18/h6H,3-5H2,1-2H3,(H,17,18). The minimum absolute atomic E-state index is 0.0431. The summed E-state index contributed by atoms with van der Waals surface area (Å²) in [6, 6.07) is 0. The van der Waals surface area contributed by atoms with Gasteiger partial charge in [-0.1, -0.05) is 11.8 Å². The van der Waals surface area contributed by atoms with Crippen molar-refractivity contribution in [3.05, 3.63) is 18.0 Å². The van der Waals surface area contributed by atoms with E-state index in [1.165, 1.54) is 0 Å². The Hall–Kier alpha value is -1.90. The zero-order valence-electron chi connectivity index (χ0n) is 10.6. The second kappa shape index (κ2) is 5.83. The molecule has 0 aliphatic heterocycles. The fraction of sp³-hybridized carbons (Fsp3) is 0.500. The summed E-state index contributed by atoms with van der Waals surface area (Å²) in [5.41, 5.74) is 0. The molecule has 0 atom stereocenters. The van der Waals surface area contributed by atoms with Crippen LogP contribution in [0, 0.1) is 6.92 Å². The summed E-state index contributed by atoms with van der Waals surface area (Å²) in [6.07, 6.45) is 1.67. The SMILES string of the molecule is CCn1cnnc1Cn1c(C)nnc1SCC(=O)O. The van der Waals surface area contributed by atoms with E-state index >= 15 is 0 Å². The summed E-state index contributed by atoms with van der Waals surface area (Å²) in [7, 11) is 0. The van der Waals surface area contributed by atoms with Crippen LogP contribution in [0.2, 0.25) is 0 Å². The molecule has 0 fully saturated rings. The number of carboxylic acids is 1. The van der Waals surface area contributed by atoms with Crippen molar-refractivity contribution in [2.45, 2.75) is 32.1 Å². The Morgan fingerprint density at radius 1 is 1.42 bits per heavy atom. The minimum atomic E-state index is -0.881. The van der Waals surface area contributed by atoms with Crippen molar-refractivity contribution in [3.8, 4) is 0 Å². The average molecular weight is 282 g/mol. The van der Waals surface area contributed by atoms with Crippen molar-refractivity contribution >= 4 is 17.7 Å². The second-order valence-corrected chi connectivity index (χ2v) is 4.77. The number of rotatable bonds is 6. The largest absolute Gasteiger partial charge is 0.481 e. The molecule has 19 heavy (non-hydrogen) atoms. The molecular formula is C10H14N6O2S. The monoisotopic (exact) mass is 282 g/mol. The van der Waals surface area contributed by atoms with E-state index in [0.717, 1.165) is 30.0 Å². The van der Waals surface area contributed by atoms with Crippen LogP contribution in [-0.2, 0) is 17.9 Å². The number of carbonyl (C=O) groups is 1. The van der Waals surface area contributed by atoms with Crippen LogP contribution in [0.25, 0.3) is 0 Å². The van der Waals surface area contributed by atoms with Crippen molar-refractivity contribution < 1.29 is 9.90 Å². The van der Waals surface area contributed by atoms with Crippen LogP contribution in [-0.4, -0.2) is 46.4 Å². The number of carboxylic acid groups (broad SMARTS) is 1. The van der Waals surface area contributed by atoms with Gasteiger partial charge < -0.3 is 9.67 Å². The van der Waals surface area contributed by atoms with E-state index in [0.29, 0.717) is 11.7 Å². The Kier molecular flexibility index (Phi) is 4.15. The number of aryl methyl sites for hydroxylation is 2. The van der Waals surface area contributed by atoms with Crippen LogP contribution < -0.4 is 0 Å². The molecule has 0 aliphatic rings. The molecule has 0 aliphatic carbocycles. The van der Waals surface area contributed by atoms with Gasteiger partial charge in [0, 0.05) is 6.54 Å². The summed E-state index contributed by atoms with van der Waals surface area (Å²) in [4.78, 5) is 10.6. The molecule has 0 unspecified atom stereocenters. The quantitative estimate of drug-likeness (QED) is 0.767. The lowest BCUT2D eigenvalue weighted by atomic mass is 10.5. The van der Waals surface area contributed by atoms with Crippen LogP contribution in [0.3, 0.4) is 0 Å². The van der Waals surface area contributed by atoms with Gasteiger partial charge in [-0.3, -0.25) is 9.36 Å². The molecule has 2 rings (SSSR count). The first-order valence-corrected chi connectivity index (χ1v) is 6.71. The van der Waals surface area contributed by atoms with E-state index in [-0.39, 0.29) is 5.75 Å². The van der Waals surface area contributed by atoms with Crippen molar-refractivity contribution in [2.24, 2.45) is 0 Å². The van der Waals surface area contributed by atoms with Crippen molar-refractivity contribution in [2.75, 3.05) is 5.75 Å². The number of hydrogen-bond acceptors (Lipinski definition) is 6. The van der Waals surface area contributed by atoms with E-state index < -0.39 is 5.97 Å². The van der Waals surface area contributed by atoms with Crippen LogP contribution in [0.4, 0.5) is 0 Å². The highest BCUT2D eigenvalue weighted by atomic mass is 32.2. The van der Waals surface area contributed by atoms with E-state index in [1.54, 1.807) is 6.33 Å². The number of hydrogen-bond donors (Lipinski definition) is 1. The summed E-state index contributed by atoms with van der Waals surface area (Å²) in [5.74, 6) is 0.591. The second-order valence-electron chi connectivity index (χ2n) is 3.83. The number of nitrogens with zero attached hydrogens (tertiary/aromatic N) is 6. The molecule has 0 amide bonds. The van der Waals surface area contributed by atoms with Crippen LogP contribution >= 0.6 is 11.8 Å². The molecule has 1 N–H and O–H groups in total. The van der Waals surface area contributed by atoms with E-state index in [1.807, 2.05) is 23.0 Å². The molecule has 0 radical (unpaired) electrons. The Bertz CT molecular complexity index is 578. The van der Waals surface area contributed by atoms with Gasteiger partial charge in [-0.05, 0) is 13.8 Å². The first kappa shape index (κ1) is 13.5. The smallest absolute Gasteiger partial charge is 0.313 e. The Balaban J connectivity index is 2.19. The first-order chi connectivity index (χ1) is 9.11. The molecule has 0 saturated carbocycles. The third-order valence-electron chi connectivity index (χ3n) is 2.56. The predicted octanol–water partition coefficient (Wildman–Crippen LogP) is 0.423. The van der Waals surface area contributed by atoms with Gasteiger partial charge in [0.15, 0.2) is 11.0 Å². The lowest BCUT2D eigenvalue weighted by Crippen LogP contribution is -2.10. The van der Waals surface area contributed by atoms with Gasteiger partial charge in [0.05, 0.1) is 12.3 Å². The topological polar surface area (TPSA) is 98.7 Å². The fourth-order valence-corrected chi connectivity index (χ4v) is 2.29. The van der Waals surface area contributed by atoms with Gasteiger partial charge in [0.1, 0.15) is 12.2 Å². The molecule has 2 heterocycles. The zero-order chi connectivity index (χ0) is 13.8. The van der Waals surface area contributed by atoms with Crippen LogP contribution in [0.5, 0.6) is 0 Å². The number of thioether (sulfide) groups is 1. The maximum absolute atomic E-state index is 10.6. The molecule has 0 spiro atoms. The van der Waals surface area contributed by atoms with Gasteiger partial charge in [-0.25, -0.2) is 0 Å². The summed E-state index contributed by atoms with van der Waals surface area (Å²) < 4.78 is 3.76. The highest BCUT2D eigenvalue weighted by molar-refractivity contribution is 7.99. The van der Waals surface area contributed by atoms with E-state index in [4.69, 9.17) is 5.11 Å². The van der Waals surface area contributed by atoms with Gasteiger partial charge in [0.2, 0.25) is 0 Å². The van der Waals surface area contributed by atoms with Gasteiger partial charge in [-0.2, -0.15) is 0 Å². The molecule has 2 aromatic rings. The van der Waals surface area contributed by atoms with Crippen molar-refractivity contribution in [3.63, 3.8) is 0 Å². The first-order valence-electron chi connectivity index (χ1n) is 5.73. The average Bonchev–Trinajstić information content (AvgIpc) is 2.96. The fourth-order valence-electron chi connectivity index (χ4n) is 1.58. The highest BCUT2D eigenvalue weighted by Crippen LogP contribution is 2.17. The van der Waals surface area contributed by atoms with Gasteiger partial charge >= 0.3 is 5.97 Å². The maximum atomic E-state index is 10.6. The molecule has 0 aromatic carbocycles. The predicted molar refractivity (Wildman–Crippen MR) is 67.9 cm³/mol. The molecule has 2 aromatic heterocycles. The highest BCUT2D eigenvalue weighted by Gasteiger charge is 2.14. The Labute approximate surface area is 113 Å². The molecule has 102 valence electrons.